The summed E-state index contributed by atoms with van der Waals surface area (Å²) < 4.78 is 5.07. The molecule has 4 nitrogen and oxygen atoms in total. The quantitative estimate of drug-likeness (QED) is 0.549. The van der Waals surface area contributed by atoms with E-state index >= 15 is 0 Å². The fraction of sp³-hybridized carbons (Fsp3) is 0.938. The van der Waals surface area contributed by atoms with Gasteiger partial charge in [0, 0.05) is 45.0 Å². The van der Waals surface area contributed by atoms with Gasteiger partial charge in [0.1, 0.15) is 0 Å². The fourth-order valence-electron chi connectivity index (χ4n) is 2.82. The van der Waals surface area contributed by atoms with Crippen LogP contribution in [0.15, 0.2) is 4.99 Å². The van der Waals surface area contributed by atoms with Crippen LogP contribution in [0.5, 0.6) is 0 Å². The van der Waals surface area contributed by atoms with Gasteiger partial charge in [-0.15, -0.1) is 0 Å². The van der Waals surface area contributed by atoms with Crippen molar-refractivity contribution in [3.8, 4) is 0 Å². The van der Waals surface area contributed by atoms with Gasteiger partial charge in [-0.25, -0.2) is 0 Å². The highest BCUT2D eigenvalue weighted by Crippen LogP contribution is 2.19. The zero-order valence-corrected chi connectivity index (χ0v) is 13.6. The molecule has 1 fully saturated rings. The van der Waals surface area contributed by atoms with Crippen LogP contribution in [0, 0.1) is 11.8 Å². The van der Waals surface area contributed by atoms with Crippen LogP contribution in [0.3, 0.4) is 0 Å². The van der Waals surface area contributed by atoms with Gasteiger partial charge in [0.2, 0.25) is 0 Å². The molecular weight excluding hydrogens is 252 g/mol. The van der Waals surface area contributed by atoms with E-state index in [9.17, 15) is 5.11 Å². The maximum Gasteiger partial charge on any atom is 0.0713 e. The Hall–Kier alpha value is -0.450. The molecule has 0 amide bonds. The van der Waals surface area contributed by atoms with Crippen LogP contribution in [0.25, 0.3) is 0 Å². The average molecular weight is 284 g/mol. The third-order valence-corrected chi connectivity index (χ3v) is 3.93. The van der Waals surface area contributed by atoms with E-state index in [2.05, 4.69) is 30.7 Å². The minimum Gasteiger partial charge on any atom is -0.391 e. The predicted molar refractivity (Wildman–Crippen MR) is 84.5 cm³/mol. The van der Waals surface area contributed by atoms with Crippen molar-refractivity contribution in [1.82, 2.24) is 4.90 Å². The molecule has 2 atom stereocenters. The number of piperidine rings is 1. The molecule has 0 aromatic rings. The van der Waals surface area contributed by atoms with Crippen molar-refractivity contribution in [2.45, 2.75) is 46.1 Å². The highest BCUT2D eigenvalue weighted by molar-refractivity contribution is 5.82. The summed E-state index contributed by atoms with van der Waals surface area (Å²) in [6.45, 7) is 11.0. The minimum absolute atomic E-state index is 0.234. The highest BCUT2D eigenvalue weighted by atomic mass is 16.5. The molecule has 0 aromatic heterocycles. The van der Waals surface area contributed by atoms with Gasteiger partial charge in [-0.1, -0.05) is 13.8 Å². The summed E-state index contributed by atoms with van der Waals surface area (Å²) in [5.41, 5.74) is 1.22. The Kier molecular flexibility index (Phi) is 8.34. The van der Waals surface area contributed by atoms with E-state index in [1.54, 1.807) is 7.11 Å². The Labute approximate surface area is 124 Å². The number of methoxy groups -OCH3 is 1. The molecule has 0 aliphatic carbocycles. The van der Waals surface area contributed by atoms with E-state index in [-0.39, 0.29) is 6.10 Å². The first-order chi connectivity index (χ1) is 9.52. The Morgan fingerprint density at radius 1 is 1.45 bits per heavy atom. The Morgan fingerprint density at radius 2 is 2.20 bits per heavy atom. The lowest BCUT2D eigenvalue weighted by molar-refractivity contribution is 0.0225. The van der Waals surface area contributed by atoms with Crippen molar-refractivity contribution < 1.29 is 9.84 Å². The van der Waals surface area contributed by atoms with Gasteiger partial charge in [-0.3, -0.25) is 4.99 Å². The SMILES string of the molecule is COCCCN1CC[C@@H](CN=C(C)CC(C)C)[C@H](O)C1. The molecule has 1 N–H and O–H groups in total. The number of aliphatic hydroxyl groups is 1. The normalized spacial score (nSPS) is 25.4. The van der Waals surface area contributed by atoms with Crippen LogP contribution in [-0.2, 0) is 4.74 Å². The summed E-state index contributed by atoms with van der Waals surface area (Å²) >= 11 is 0. The summed E-state index contributed by atoms with van der Waals surface area (Å²) in [6.07, 6.45) is 2.92. The van der Waals surface area contributed by atoms with E-state index in [4.69, 9.17) is 4.74 Å². The van der Waals surface area contributed by atoms with Gasteiger partial charge in [-0.05, 0) is 38.6 Å². The van der Waals surface area contributed by atoms with Crippen LogP contribution in [0.2, 0.25) is 0 Å². The molecule has 1 aliphatic heterocycles. The fourth-order valence-corrected chi connectivity index (χ4v) is 2.82. The minimum atomic E-state index is -0.234. The largest absolute Gasteiger partial charge is 0.391 e. The third-order valence-electron chi connectivity index (χ3n) is 3.93. The molecule has 0 radical (unpaired) electrons. The van der Waals surface area contributed by atoms with Gasteiger partial charge in [0.25, 0.3) is 0 Å². The van der Waals surface area contributed by atoms with E-state index in [1.165, 1.54) is 5.71 Å². The van der Waals surface area contributed by atoms with Crippen molar-refractivity contribution in [1.29, 1.82) is 0 Å². The Balaban J connectivity index is 2.29. The lowest BCUT2D eigenvalue weighted by Crippen LogP contribution is -2.45. The van der Waals surface area contributed by atoms with Gasteiger partial charge in [0.05, 0.1) is 6.10 Å². The zero-order valence-electron chi connectivity index (χ0n) is 13.6. The van der Waals surface area contributed by atoms with Gasteiger partial charge in [0.15, 0.2) is 0 Å². The first-order valence-electron chi connectivity index (χ1n) is 7.92. The van der Waals surface area contributed by atoms with Crippen molar-refractivity contribution in [3.05, 3.63) is 0 Å². The number of hydrogen-bond acceptors (Lipinski definition) is 4. The number of aliphatic hydroxyl groups excluding tert-OH is 1. The number of hydrogen-bond donors (Lipinski definition) is 1. The van der Waals surface area contributed by atoms with E-state index in [0.717, 1.165) is 52.0 Å². The summed E-state index contributed by atoms with van der Waals surface area (Å²) in [6, 6.07) is 0. The number of likely N-dealkylation sites (tertiary alicyclic amines) is 1. The summed E-state index contributed by atoms with van der Waals surface area (Å²) in [7, 11) is 1.73. The monoisotopic (exact) mass is 284 g/mol. The molecule has 0 spiro atoms. The molecule has 0 bridgehead atoms. The van der Waals surface area contributed by atoms with Crippen molar-refractivity contribution in [3.63, 3.8) is 0 Å². The molecule has 4 heteroatoms. The number of nitrogens with zero attached hydrogens (tertiary/aromatic N) is 2. The lowest BCUT2D eigenvalue weighted by atomic mass is 9.93. The molecule has 1 heterocycles. The number of β-amino-alcohol motifs (C(OH)–C–C–N with tert-alkyl or cyclic N) is 1. The smallest absolute Gasteiger partial charge is 0.0713 e. The molecule has 118 valence electrons. The Bertz CT molecular complexity index is 292. The summed E-state index contributed by atoms with van der Waals surface area (Å²) in [5, 5.41) is 10.2. The van der Waals surface area contributed by atoms with E-state index in [0.29, 0.717) is 11.8 Å². The van der Waals surface area contributed by atoms with Gasteiger partial charge >= 0.3 is 0 Å². The average Bonchev–Trinajstić information content (AvgIpc) is 2.37. The third kappa shape index (κ3) is 6.82. The van der Waals surface area contributed by atoms with Crippen molar-refractivity contribution in [2.75, 3.05) is 39.9 Å². The molecule has 0 saturated carbocycles. The van der Waals surface area contributed by atoms with E-state index < -0.39 is 0 Å². The second-order valence-electron chi connectivity index (χ2n) is 6.44. The second kappa shape index (κ2) is 9.48. The van der Waals surface area contributed by atoms with Crippen LogP contribution >= 0.6 is 0 Å². The van der Waals surface area contributed by atoms with Gasteiger partial charge < -0.3 is 14.7 Å². The first-order valence-corrected chi connectivity index (χ1v) is 7.92. The molecule has 1 aliphatic rings. The number of ether oxygens (including phenoxy) is 1. The highest BCUT2D eigenvalue weighted by Gasteiger charge is 2.26. The van der Waals surface area contributed by atoms with Crippen LogP contribution < -0.4 is 0 Å². The van der Waals surface area contributed by atoms with Crippen molar-refractivity contribution >= 4 is 5.71 Å². The predicted octanol–water partition coefficient (Wildman–Crippen LogP) is 2.21. The molecule has 0 aromatic carbocycles. The van der Waals surface area contributed by atoms with Crippen LogP contribution in [0.4, 0.5) is 0 Å². The topological polar surface area (TPSA) is 45.1 Å². The molecule has 1 saturated heterocycles. The number of aliphatic imine (C=N–C) groups is 1. The Morgan fingerprint density at radius 3 is 2.80 bits per heavy atom. The standard InChI is InChI=1S/C16H32N2O2/c1-13(2)10-14(3)17-11-15-6-8-18(12-16(15)19)7-5-9-20-4/h13,15-16,19H,5-12H2,1-4H3/t15-,16+/m0/s1. The maximum absolute atomic E-state index is 10.2. The lowest BCUT2D eigenvalue weighted by Gasteiger charge is -2.35. The van der Waals surface area contributed by atoms with Crippen LogP contribution in [0.1, 0.15) is 40.0 Å². The maximum atomic E-state index is 10.2. The summed E-state index contributed by atoms with van der Waals surface area (Å²) in [4.78, 5) is 7.00. The van der Waals surface area contributed by atoms with Crippen LogP contribution in [-0.4, -0.2) is 61.7 Å². The first kappa shape index (κ1) is 17.6. The molecular formula is C16H32N2O2. The van der Waals surface area contributed by atoms with Crippen molar-refractivity contribution in [2.24, 2.45) is 16.8 Å². The summed E-state index contributed by atoms with van der Waals surface area (Å²) in [5.74, 6) is 0.988. The molecule has 1 rings (SSSR count). The van der Waals surface area contributed by atoms with E-state index in [1.807, 2.05) is 0 Å². The second-order valence-corrected chi connectivity index (χ2v) is 6.44. The number of rotatable bonds is 8. The van der Waals surface area contributed by atoms with Gasteiger partial charge in [-0.2, -0.15) is 0 Å². The molecule has 0 unspecified atom stereocenters. The zero-order chi connectivity index (χ0) is 15.0. The molecule has 20 heavy (non-hydrogen) atoms.